The number of pyridine rings is 1. The van der Waals surface area contributed by atoms with Crippen LogP contribution in [0.1, 0.15) is 29.2 Å². The third kappa shape index (κ3) is 5.02. The molecular formula is C27H25N5O2S. The molecule has 3 heterocycles. The number of aromatic amines is 1. The Morgan fingerprint density at radius 3 is 2.49 bits per heavy atom. The van der Waals surface area contributed by atoms with Gasteiger partial charge in [0.15, 0.2) is 11.7 Å². The number of carbonyl (C=O) groups excluding carboxylic acids is 1. The van der Waals surface area contributed by atoms with E-state index in [4.69, 9.17) is 17.0 Å². The van der Waals surface area contributed by atoms with Crippen LogP contribution in [0.3, 0.4) is 0 Å². The van der Waals surface area contributed by atoms with Crippen molar-refractivity contribution in [2.75, 3.05) is 16.8 Å². The lowest BCUT2D eigenvalue weighted by Gasteiger charge is -2.27. The highest BCUT2D eigenvalue weighted by molar-refractivity contribution is 7.80. The topological polar surface area (TPSA) is 82.3 Å². The summed E-state index contributed by atoms with van der Waals surface area (Å²) in [7, 11) is 0. The average Bonchev–Trinajstić information content (AvgIpc) is 3.47. The Kier molecular flexibility index (Phi) is 6.45. The fraction of sp³-hybridized carbons (Fsp3) is 0.148. The molecule has 2 unspecified atom stereocenters. The van der Waals surface area contributed by atoms with E-state index < -0.39 is 0 Å². The van der Waals surface area contributed by atoms with Gasteiger partial charge in [-0.15, -0.1) is 0 Å². The maximum absolute atomic E-state index is 12.3. The molecule has 2 aromatic heterocycles. The average molecular weight is 484 g/mol. The first kappa shape index (κ1) is 22.6. The minimum absolute atomic E-state index is 0.0636. The normalized spacial score (nSPS) is 17.2. The molecule has 35 heavy (non-hydrogen) atoms. The Balaban J connectivity index is 1.34. The zero-order chi connectivity index (χ0) is 24.2. The molecule has 0 saturated carbocycles. The van der Waals surface area contributed by atoms with Crippen molar-refractivity contribution in [1.29, 1.82) is 0 Å². The number of nitrogens with zero attached hydrogens (tertiary/aromatic N) is 2. The predicted molar refractivity (Wildman–Crippen MR) is 140 cm³/mol. The molecule has 176 valence electrons. The maximum Gasteiger partial charge on any atom is 0.262 e. The molecule has 5 rings (SSSR count). The summed E-state index contributed by atoms with van der Waals surface area (Å²) < 4.78 is 5.52. The van der Waals surface area contributed by atoms with Crippen LogP contribution >= 0.6 is 12.2 Å². The van der Waals surface area contributed by atoms with Gasteiger partial charge in [-0.05, 0) is 79.8 Å². The second-order valence-electron chi connectivity index (χ2n) is 8.29. The monoisotopic (exact) mass is 483 g/mol. The van der Waals surface area contributed by atoms with E-state index in [0.717, 1.165) is 22.8 Å². The van der Waals surface area contributed by atoms with Gasteiger partial charge in [-0.1, -0.05) is 24.3 Å². The molecule has 7 nitrogen and oxygen atoms in total. The van der Waals surface area contributed by atoms with Crippen LogP contribution in [0.4, 0.5) is 11.4 Å². The number of aryl methyl sites for hydroxylation is 1. The SMILES string of the molecule is Cc1ccc(C2C(c3ccccn3)NC(=S)N2c2ccc(NC(=O)COc3ccccc3)cc2)[nH]1. The van der Waals surface area contributed by atoms with Gasteiger partial charge in [0.1, 0.15) is 11.8 Å². The molecule has 0 bridgehead atoms. The van der Waals surface area contributed by atoms with Gasteiger partial charge in [0.2, 0.25) is 0 Å². The molecule has 4 aromatic rings. The molecule has 1 amide bonds. The van der Waals surface area contributed by atoms with Gasteiger partial charge < -0.3 is 25.3 Å². The van der Waals surface area contributed by atoms with Crippen molar-refractivity contribution in [3.8, 4) is 5.75 Å². The van der Waals surface area contributed by atoms with Crippen molar-refractivity contribution in [3.63, 3.8) is 0 Å². The third-order valence-corrected chi connectivity index (χ3v) is 6.13. The van der Waals surface area contributed by atoms with Gasteiger partial charge in [0.25, 0.3) is 5.91 Å². The first-order valence-electron chi connectivity index (χ1n) is 11.3. The van der Waals surface area contributed by atoms with Crippen molar-refractivity contribution >= 4 is 34.6 Å². The third-order valence-electron chi connectivity index (χ3n) is 5.81. The molecule has 2 aromatic carbocycles. The number of nitrogens with one attached hydrogen (secondary N) is 3. The Morgan fingerprint density at radius 2 is 1.80 bits per heavy atom. The number of carbonyl (C=O) groups is 1. The summed E-state index contributed by atoms with van der Waals surface area (Å²) in [6.07, 6.45) is 1.79. The number of H-pyrrole nitrogens is 1. The van der Waals surface area contributed by atoms with Gasteiger partial charge >= 0.3 is 0 Å². The van der Waals surface area contributed by atoms with Gasteiger partial charge in [-0.3, -0.25) is 9.78 Å². The van der Waals surface area contributed by atoms with Crippen LogP contribution in [-0.4, -0.2) is 27.6 Å². The molecule has 1 aliphatic rings. The summed E-state index contributed by atoms with van der Waals surface area (Å²) in [4.78, 5) is 22.5. The smallest absolute Gasteiger partial charge is 0.262 e. The lowest BCUT2D eigenvalue weighted by molar-refractivity contribution is -0.118. The number of hydrogen-bond acceptors (Lipinski definition) is 4. The quantitative estimate of drug-likeness (QED) is 0.324. The van der Waals surface area contributed by atoms with Gasteiger partial charge in [-0.25, -0.2) is 0 Å². The summed E-state index contributed by atoms with van der Waals surface area (Å²) in [6.45, 7) is 1.97. The largest absolute Gasteiger partial charge is 0.484 e. The molecular weight excluding hydrogens is 458 g/mol. The number of rotatable bonds is 7. The number of thiocarbonyl (C=S) groups is 1. The highest BCUT2D eigenvalue weighted by Gasteiger charge is 2.41. The number of para-hydroxylation sites is 1. The first-order chi connectivity index (χ1) is 17.1. The van der Waals surface area contributed by atoms with E-state index in [1.165, 1.54) is 0 Å². The molecule has 1 aliphatic heterocycles. The lowest BCUT2D eigenvalue weighted by atomic mass is 10.0. The highest BCUT2D eigenvalue weighted by Crippen LogP contribution is 2.41. The second-order valence-corrected chi connectivity index (χ2v) is 8.68. The zero-order valence-corrected chi connectivity index (χ0v) is 20.0. The second kappa shape index (κ2) is 9.99. The van der Waals surface area contributed by atoms with Crippen LogP contribution in [0.15, 0.2) is 91.1 Å². The standard InChI is InChI=1S/C27H25N5O2S/c1-18-10-15-23(29-18)26-25(22-9-5-6-16-28-22)31-27(35)32(26)20-13-11-19(12-14-20)30-24(33)17-34-21-7-3-2-4-8-21/h2-16,25-26,29H,17H2,1H3,(H,30,33)(H,31,35). The molecule has 0 spiro atoms. The molecule has 2 atom stereocenters. The Morgan fingerprint density at radius 1 is 1.03 bits per heavy atom. The minimum Gasteiger partial charge on any atom is -0.484 e. The number of amides is 1. The van der Waals surface area contributed by atoms with Crippen LogP contribution in [0, 0.1) is 6.92 Å². The van der Waals surface area contributed by atoms with Gasteiger partial charge in [-0.2, -0.15) is 0 Å². The number of hydrogen-bond donors (Lipinski definition) is 3. The maximum atomic E-state index is 12.3. The number of anilines is 2. The zero-order valence-electron chi connectivity index (χ0n) is 19.1. The molecule has 8 heteroatoms. The number of aromatic nitrogens is 2. The van der Waals surface area contributed by atoms with Crippen LogP contribution in [-0.2, 0) is 4.79 Å². The molecule has 1 saturated heterocycles. The summed E-state index contributed by atoms with van der Waals surface area (Å²) in [5.74, 6) is 0.427. The van der Waals surface area contributed by atoms with E-state index >= 15 is 0 Å². The van der Waals surface area contributed by atoms with Crippen molar-refractivity contribution in [3.05, 3.63) is 108 Å². The van der Waals surface area contributed by atoms with E-state index in [-0.39, 0.29) is 24.6 Å². The fourth-order valence-corrected chi connectivity index (χ4v) is 4.56. The minimum atomic E-state index is -0.227. The summed E-state index contributed by atoms with van der Waals surface area (Å²) in [6, 6.07) is 26.7. The van der Waals surface area contributed by atoms with Crippen LogP contribution in [0.25, 0.3) is 0 Å². The van der Waals surface area contributed by atoms with Crippen LogP contribution < -0.4 is 20.3 Å². The van der Waals surface area contributed by atoms with Crippen molar-refractivity contribution in [2.24, 2.45) is 0 Å². The van der Waals surface area contributed by atoms with Gasteiger partial charge in [0, 0.05) is 29.0 Å². The molecule has 0 aliphatic carbocycles. The fourth-order valence-electron chi connectivity index (χ4n) is 4.22. The van der Waals surface area contributed by atoms with Crippen LogP contribution in [0.2, 0.25) is 0 Å². The Hall–Kier alpha value is -4.17. The van der Waals surface area contributed by atoms with Crippen molar-refractivity contribution in [2.45, 2.75) is 19.0 Å². The highest BCUT2D eigenvalue weighted by atomic mass is 32.1. The summed E-state index contributed by atoms with van der Waals surface area (Å²) >= 11 is 5.75. The molecule has 1 fully saturated rings. The Labute approximate surface area is 209 Å². The lowest BCUT2D eigenvalue weighted by Crippen LogP contribution is -2.29. The van der Waals surface area contributed by atoms with E-state index in [1.807, 2.05) is 79.7 Å². The Bertz CT molecular complexity index is 1310. The van der Waals surface area contributed by atoms with Crippen molar-refractivity contribution in [1.82, 2.24) is 15.3 Å². The predicted octanol–water partition coefficient (Wildman–Crippen LogP) is 4.91. The van der Waals surface area contributed by atoms with E-state index in [1.54, 1.807) is 6.20 Å². The van der Waals surface area contributed by atoms with E-state index in [2.05, 4.69) is 37.6 Å². The number of ether oxygens (including phenoxy) is 1. The molecule has 0 radical (unpaired) electrons. The van der Waals surface area contributed by atoms with Crippen molar-refractivity contribution < 1.29 is 9.53 Å². The van der Waals surface area contributed by atoms with Gasteiger partial charge in [0.05, 0.1) is 11.7 Å². The number of benzene rings is 2. The summed E-state index contributed by atoms with van der Waals surface area (Å²) in [5.41, 5.74) is 4.63. The molecule has 3 N–H and O–H groups in total. The van der Waals surface area contributed by atoms with E-state index in [9.17, 15) is 4.79 Å². The summed E-state index contributed by atoms with van der Waals surface area (Å²) in [5, 5.41) is 6.94. The first-order valence-corrected chi connectivity index (χ1v) is 11.7. The van der Waals surface area contributed by atoms with E-state index in [0.29, 0.717) is 16.5 Å². The van der Waals surface area contributed by atoms with Crippen LogP contribution in [0.5, 0.6) is 5.75 Å².